The van der Waals surface area contributed by atoms with E-state index in [1.807, 2.05) is 36.2 Å². The first kappa shape index (κ1) is 15.4. The number of benzene rings is 1. The number of likely N-dealkylation sites (tertiary alicyclic amines) is 1. The van der Waals surface area contributed by atoms with Gasteiger partial charge in [0.15, 0.2) is 5.96 Å². The van der Waals surface area contributed by atoms with Gasteiger partial charge < -0.3 is 15.5 Å². The normalized spacial score (nSPS) is 15.7. The predicted molar refractivity (Wildman–Crippen MR) is 85.5 cm³/mol. The van der Waals surface area contributed by atoms with Gasteiger partial charge >= 0.3 is 0 Å². The van der Waals surface area contributed by atoms with E-state index in [4.69, 9.17) is 0 Å². The van der Waals surface area contributed by atoms with Gasteiger partial charge in [0.05, 0.1) is 0 Å². The van der Waals surface area contributed by atoms with Crippen molar-refractivity contribution in [2.75, 3.05) is 27.2 Å². The number of amides is 1. The van der Waals surface area contributed by atoms with Crippen molar-refractivity contribution in [3.63, 3.8) is 0 Å². The molecule has 5 heteroatoms. The zero-order chi connectivity index (χ0) is 15.1. The highest BCUT2D eigenvalue weighted by Crippen LogP contribution is 2.14. The molecule has 2 rings (SSSR count). The topological polar surface area (TPSA) is 56.7 Å². The van der Waals surface area contributed by atoms with Crippen molar-refractivity contribution in [2.45, 2.75) is 25.8 Å². The Morgan fingerprint density at radius 1 is 1.29 bits per heavy atom. The molecular formula is C16H24N4O. The largest absolute Gasteiger partial charge is 0.359 e. The smallest absolute Gasteiger partial charge is 0.253 e. The molecule has 1 aromatic rings. The quantitative estimate of drug-likeness (QED) is 0.656. The van der Waals surface area contributed by atoms with E-state index in [0.29, 0.717) is 6.54 Å². The third-order valence-corrected chi connectivity index (χ3v) is 3.74. The number of carbonyl (C=O) groups is 1. The lowest BCUT2D eigenvalue weighted by molar-refractivity contribution is 0.0724. The number of nitrogens with zero attached hydrogens (tertiary/aromatic N) is 2. The van der Waals surface area contributed by atoms with Crippen LogP contribution < -0.4 is 10.6 Å². The number of nitrogens with one attached hydrogen (secondary N) is 2. The van der Waals surface area contributed by atoms with Crippen LogP contribution in [0.15, 0.2) is 29.3 Å². The maximum absolute atomic E-state index is 12.5. The summed E-state index contributed by atoms with van der Waals surface area (Å²) in [7, 11) is 3.56. The number of carbonyl (C=O) groups excluding carboxylic acids is 1. The molecule has 0 aromatic heterocycles. The summed E-state index contributed by atoms with van der Waals surface area (Å²) in [6.45, 7) is 2.41. The summed E-state index contributed by atoms with van der Waals surface area (Å²) in [5.74, 6) is 0.886. The maximum Gasteiger partial charge on any atom is 0.253 e. The highest BCUT2D eigenvalue weighted by atomic mass is 16.2. The van der Waals surface area contributed by atoms with E-state index < -0.39 is 0 Å². The van der Waals surface area contributed by atoms with Crippen molar-refractivity contribution < 1.29 is 4.79 Å². The lowest BCUT2D eigenvalue weighted by Crippen LogP contribution is -2.36. The van der Waals surface area contributed by atoms with Gasteiger partial charge in [0.1, 0.15) is 0 Å². The molecule has 1 fully saturated rings. The second-order valence-electron chi connectivity index (χ2n) is 5.23. The molecule has 1 amide bonds. The minimum Gasteiger partial charge on any atom is -0.359 e. The van der Waals surface area contributed by atoms with Gasteiger partial charge in [-0.25, -0.2) is 0 Å². The molecule has 1 heterocycles. The summed E-state index contributed by atoms with van der Waals surface area (Å²) in [4.78, 5) is 18.5. The van der Waals surface area contributed by atoms with Crippen LogP contribution in [0.5, 0.6) is 0 Å². The Hall–Kier alpha value is -2.04. The average Bonchev–Trinajstić information content (AvgIpc) is 2.56. The van der Waals surface area contributed by atoms with Crippen LogP contribution in [0.25, 0.3) is 0 Å². The summed E-state index contributed by atoms with van der Waals surface area (Å²) in [6, 6.07) is 7.82. The highest BCUT2D eigenvalue weighted by Gasteiger charge is 2.18. The van der Waals surface area contributed by atoms with Gasteiger partial charge in [-0.1, -0.05) is 12.1 Å². The fourth-order valence-corrected chi connectivity index (χ4v) is 2.56. The van der Waals surface area contributed by atoms with Crippen LogP contribution in [0.4, 0.5) is 0 Å². The molecular weight excluding hydrogens is 264 g/mol. The highest BCUT2D eigenvalue weighted by molar-refractivity contribution is 5.94. The minimum absolute atomic E-state index is 0.148. The molecule has 0 bridgehead atoms. The molecule has 1 aliphatic rings. The molecule has 0 atom stereocenters. The van der Waals surface area contributed by atoms with Crippen molar-refractivity contribution in [1.29, 1.82) is 0 Å². The Kier molecular flexibility index (Phi) is 5.60. The fraction of sp³-hybridized carbons (Fsp3) is 0.500. The summed E-state index contributed by atoms with van der Waals surface area (Å²) in [6.07, 6.45) is 3.47. The number of guanidine groups is 1. The molecule has 0 aliphatic carbocycles. The first-order valence-electron chi connectivity index (χ1n) is 7.51. The summed E-state index contributed by atoms with van der Waals surface area (Å²) in [5, 5.41) is 6.17. The lowest BCUT2D eigenvalue weighted by atomic mass is 10.1. The van der Waals surface area contributed by atoms with E-state index >= 15 is 0 Å². The van der Waals surface area contributed by atoms with Crippen molar-refractivity contribution >= 4 is 11.9 Å². The Labute approximate surface area is 126 Å². The van der Waals surface area contributed by atoms with Crippen LogP contribution in [-0.2, 0) is 6.54 Å². The molecule has 114 valence electrons. The van der Waals surface area contributed by atoms with Crippen molar-refractivity contribution in [3.05, 3.63) is 35.4 Å². The van der Waals surface area contributed by atoms with Crippen molar-refractivity contribution in [2.24, 2.45) is 4.99 Å². The number of hydrogen-bond donors (Lipinski definition) is 2. The van der Waals surface area contributed by atoms with Crippen molar-refractivity contribution in [3.8, 4) is 0 Å². The van der Waals surface area contributed by atoms with E-state index in [1.165, 1.54) is 6.42 Å². The number of hydrogen-bond acceptors (Lipinski definition) is 2. The van der Waals surface area contributed by atoms with E-state index in [0.717, 1.165) is 43.0 Å². The zero-order valence-corrected chi connectivity index (χ0v) is 12.9. The molecule has 2 N–H and O–H groups in total. The summed E-state index contributed by atoms with van der Waals surface area (Å²) in [5.41, 5.74) is 1.85. The Morgan fingerprint density at radius 2 is 2.05 bits per heavy atom. The third-order valence-electron chi connectivity index (χ3n) is 3.74. The van der Waals surface area contributed by atoms with Crippen LogP contribution in [0.3, 0.4) is 0 Å². The van der Waals surface area contributed by atoms with Crippen LogP contribution in [0, 0.1) is 0 Å². The molecule has 21 heavy (non-hydrogen) atoms. The fourth-order valence-electron chi connectivity index (χ4n) is 2.56. The number of piperidine rings is 1. The van der Waals surface area contributed by atoms with Gasteiger partial charge in [-0.2, -0.15) is 0 Å². The van der Waals surface area contributed by atoms with Gasteiger partial charge in [0.2, 0.25) is 0 Å². The second kappa shape index (κ2) is 7.67. The molecule has 1 aromatic carbocycles. The molecule has 5 nitrogen and oxygen atoms in total. The number of rotatable bonds is 3. The standard InChI is InChI=1S/C16H24N4O/c1-17-16(18-2)19-12-13-7-6-8-14(11-13)15(21)20-9-4-3-5-10-20/h6-8,11H,3-5,9-10,12H2,1-2H3,(H2,17,18,19). The van der Waals surface area contributed by atoms with Crippen molar-refractivity contribution in [1.82, 2.24) is 15.5 Å². The van der Waals surface area contributed by atoms with Gasteiger partial charge in [-0.15, -0.1) is 0 Å². The first-order chi connectivity index (χ1) is 10.2. The van der Waals surface area contributed by atoms with Crippen LogP contribution in [-0.4, -0.2) is 44.0 Å². The molecule has 0 unspecified atom stereocenters. The average molecular weight is 288 g/mol. The van der Waals surface area contributed by atoms with Gasteiger partial charge in [0.25, 0.3) is 5.91 Å². The zero-order valence-electron chi connectivity index (χ0n) is 12.9. The van der Waals surface area contributed by atoms with E-state index in [2.05, 4.69) is 15.6 Å². The summed E-state index contributed by atoms with van der Waals surface area (Å²) >= 11 is 0. The molecule has 0 radical (unpaired) electrons. The minimum atomic E-state index is 0.148. The second-order valence-corrected chi connectivity index (χ2v) is 5.23. The lowest BCUT2D eigenvalue weighted by Gasteiger charge is -2.26. The van der Waals surface area contributed by atoms with Crippen LogP contribution in [0.1, 0.15) is 35.2 Å². The van der Waals surface area contributed by atoms with E-state index in [9.17, 15) is 4.79 Å². The van der Waals surface area contributed by atoms with Gasteiger partial charge in [0, 0.05) is 39.3 Å². The number of aliphatic imine (C=N–C) groups is 1. The van der Waals surface area contributed by atoms with Gasteiger partial charge in [-0.3, -0.25) is 9.79 Å². The van der Waals surface area contributed by atoms with E-state index in [1.54, 1.807) is 7.05 Å². The molecule has 1 saturated heterocycles. The van der Waals surface area contributed by atoms with E-state index in [-0.39, 0.29) is 5.91 Å². The van der Waals surface area contributed by atoms with Gasteiger partial charge in [-0.05, 0) is 37.0 Å². The molecule has 0 spiro atoms. The monoisotopic (exact) mass is 288 g/mol. The Balaban J connectivity index is 2.01. The third kappa shape index (κ3) is 4.21. The SMILES string of the molecule is CN=C(NC)NCc1cccc(C(=O)N2CCCCC2)c1. The molecule has 1 aliphatic heterocycles. The van der Waals surface area contributed by atoms with Crippen LogP contribution >= 0.6 is 0 Å². The predicted octanol–water partition coefficient (Wildman–Crippen LogP) is 1.61. The first-order valence-corrected chi connectivity index (χ1v) is 7.51. The Bertz CT molecular complexity index is 507. The maximum atomic E-state index is 12.5. The Morgan fingerprint density at radius 3 is 2.71 bits per heavy atom. The van der Waals surface area contributed by atoms with Crippen LogP contribution in [0.2, 0.25) is 0 Å². The molecule has 0 saturated carbocycles. The summed E-state index contributed by atoms with van der Waals surface area (Å²) < 4.78 is 0.